The molecular weight excluding hydrogens is 432 g/mol. The summed E-state index contributed by atoms with van der Waals surface area (Å²) in [7, 11) is 0. The van der Waals surface area contributed by atoms with Crippen LogP contribution in [0.4, 0.5) is 0 Å². The van der Waals surface area contributed by atoms with Crippen molar-refractivity contribution in [2.75, 3.05) is 0 Å². The molecule has 0 aliphatic heterocycles. The van der Waals surface area contributed by atoms with Crippen molar-refractivity contribution < 1.29 is 9.53 Å². The molecule has 4 nitrogen and oxygen atoms in total. The zero-order valence-corrected chi connectivity index (χ0v) is 19.4. The van der Waals surface area contributed by atoms with Crippen LogP contribution < -0.4 is 10.1 Å². The fraction of sp³-hybridized carbons (Fsp3) is 0.286. The van der Waals surface area contributed by atoms with Gasteiger partial charge in [-0.05, 0) is 59.4 Å². The molecule has 0 spiro atoms. The van der Waals surface area contributed by atoms with E-state index >= 15 is 0 Å². The number of nitriles is 1. The number of nitrogens with one attached hydrogen (secondary N) is 1. The molecule has 1 amide bonds. The molecule has 33 heavy (non-hydrogen) atoms. The van der Waals surface area contributed by atoms with E-state index in [2.05, 4.69) is 18.3 Å². The zero-order valence-electron chi connectivity index (χ0n) is 18.7. The second-order valence-electron chi connectivity index (χ2n) is 8.63. The van der Waals surface area contributed by atoms with Gasteiger partial charge in [0.15, 0.2) is 0 Å². The van der Waals surface area contributed by atoms with Crippen LogP contribution in [0.1, 0.15) is 43.7 Å². The summed E-state index contributed by atoms with van der Waals surface area (Å²) in [6.45, 7) is 2.51. The van der Waals surface area contributed by atoms with E-state index in [0.717, 1.165) is 41.2 Å². The molecule has 3 aromatic carbocycles. The fourth-order valence-corrected chi connectivity index (χ4v) is 4.49. The summed E-state index contributed by atoms with van der Waals surface area (Å²) in [6, 6.07) is 21.5. The first kappa shape index (κ1) is 22.9. The summed E-state index contributed by atoms with van der Waals surface area (Å²) in [5.41, 5.74) is 1.79. The number of benzene rings is 3. The highest BCUT2D eigenvalue weighted by atomic mass is 35.5. The van der Waals surface area contributed by atoms with Gasteiger partial charge in [0.1, 0.15) is 24.0 Å². The normalized spacial score (nSPS) is 18.5. The topological polar surface area (TPSA) is 62.1 Å². The van der Waals surface area contributed by atoms with Gasteiger partial charge in [-0.25, -0.2) is 0 Å². The van der Waals surface area contributed by atoms with Crippen LogP contribution in [0, 0.1) is 17.2 Å². The Hall–Kier alpha value is -3.29. The molecule has 3 aromatic rings. The van der Waals surface area contributed by atoms with E-state index in [-0.39, 0.29) is 17.5 Å². The van der Waals surface area contributed by atoms with Crippen LogP contribution in [0.15, 0.2) is 66.2 Å². The third-order valence-corrected chi connectivity index (χ3v) is 6.57. The van der Waals surface area contributed by atoms with Crippen molar-refractivity contribution in [2.24, 2.45) is 5.92 Å². The van der Waals surface area contributed by atoms with Gasteiger partial charge in [0.25, 0.3) is 5.91 Å². The molecule has 1 aliphatic rings. The van der Waals surface area contributed by atoms with E-state index in [9.17, 15) is 10.1 Å². The highest BCUT2D eigenvalue weighted by Gasteiger charge is 2.24. The second kappa shape index (κ2) is 10.6. The minimum atomic E-state index is -0.326. The number of fused-ring (bicyclic) bond motifs is 1. The maximum atomic E-state index is 13.0. The van der Waals surface area contributed by atoms with Crippen molar-refractivity contribution in [3.05, 3.63) is 82.4 Å². The highest BCUT2D eigenvalue weighted by molar-refractivity contribution is 6.30. The lowest BCUT2D eigenvalue weighted by molar-refractivity contribution is -0.118. The number of carbonyl (C=O) groups is 1. The Kier molecular flexibility index (Phi) is 7.32. The van der Waals surface area contributed by atoms with Gasteiger partial charge < -0.3 is 10.1 Å². The third-order valence-electron chi connectivity index (χ3n) is 6.32. The molecule has 0 unspecified atom stereocenters. The van der Waals surface area contributed by atoms with E-state index in [0.29, 0.717) is 23.3 Å². The van der Waals surface area contributed by atoms with Gasteiger partial charge in [-0.3, -0.25) is 4.79 Å². The molecule has 0 heterocycles. The molecule has 2 atom stereocenters. The van der Waals surface area contributed by atoms with Gasteiger partial charge in [0, 0.05) is 16.6 Å². The Bertz CT molecular complexity index is 1210. The number of halogens is 1. The van der Waals surface area contributed by atoms with Crippen molar-refractivity contribution in [3.63, 3.8) is 0 Å². The molecule has 1 N–H and O–H groups in total. The van der Waals surface area contributed by atoms with Crippen molar-refractivity contribution in [2.45, 2.75) is 45.3 Å². The third kappa shape index (κ3) is 5.56. The van der Waals surface area contributed by atoms with Crippen LogP contribution in [-0.4, -0.2) is 11.9 Å². The van der Waals surface area contributed by atoms with Gasteiger partial charge in [-0.2, -0.15) is 5.26 Å². The molecule has 0 radical (unpaired) electrons. The zero-order chi connectivity index (χ0) is 23.2. The van der Waals surface area contributed by atoms with Gasteiger partial charge in [-0.15, -0.1) is 0 Å². The van der Waals surface area contributed by atoms with Crippen LogP contribution in [0.5, 0.6) is 5.75 Å². The minimum Gasteiger partial charge on any atom is -0.488 e. The van der Waals surface area contributed by atoms with Crippen molar-refractivity contribution in [3.8, 4) is 11.8 Å². The highest BCUT2D eigenvalue weighted by Crippen LogP contribution is 2.31. The molecule has 168 valence electrons. The Morgan fingerprint density at radius 2 is 1.88 bits per heavy atom. The van der Waals surface area contributed by atoms with Crippen LogP contribution in [0.25, 0.3) is 16.8 Å². The predicted octanol–water partition coefficient (Wildman–Crippen LogP) is 6.67. The number of amides is 1. The number of ether oxygens (including phenoxy) is 1. The smallest absolute Gasteiger partial charge is 0.262 e. The Morgan fingerprint density at radius 1 is 1.12 bits per heavy atom. The average molecular weight is 459 g/mol. The first-order valence-corrected chi connectivity index (χ1v) is 11.7. The number of hydrogen-bond donors (Lipinski definition) is 1. The van der Waals surface area contributed by atoms with E-state index in [1.54, 1.807) is 6.08 Å². The molecular formula is C28H27ClN2O2. The van der Waals surface area contributed by atoms with Gasteiger partial charge in [-0.1, -0.05) is 73.8 Å². The SMILES string of the molecule is C[C@H]1CCCC[C@@H]1NC(=O)/C(C#N)=C/c1c(OCc2ccc(Cl)cc2)ccc2ccccc12. The summed E-state index contributed by atoms with van der Waals surface area (Å²) < 4.78 is 6.13. The number of hydrogen-bond acceptors (Lipinski definition) is 3. The van der Waals surface area contributed by atoms with Crippen LogP contribution in [-0.2, 0) is 11.4 Å². The fourth-order valence-electron chi connectivity index (χ4n) is 4.36. The quantitative estimate of drug-likeness (QED) is 0.331. The first-order chi connectivity index (χ1) is 16.0. The second-order valence-corrected chi connectivity index (χ2v) is 9.06. The van der Waals surface area contributed by atoms with Crippen LogP contribution in [0.2, 0.25) is 5.02 Å². The predicted molar refractivity (Wildman–Crippen MR) is 133 cm³/mol. The lowest BCUT2D eigenvalue weighted by atomic mass is 9.86. The van der Waals surface area contributed by atoms with E-state index in [4.69, 9.17) is 16.3 Å². The maximum Gasteiger partial charge on any atom is 0.262 e. The molecule has 0 aromatic heterocycles. The molecule has 1 saturated carbocycles. The Balaban J connectivity index is 1.65. The Morgan fingerprint density at radius 3 is 2.64 bits per heavy atom. The molecule has 1 aliphatic carbocycles. The van der Waals surface area contributed by atoms with E-state index < -0.39 is 0 Å². The summed E-state index contributed by atoms with van der Waals surface area (Å²) >= 11 is 5.98. The molecule has 4 rings (SSSR count). The van der Waals surface area contributed by atoms with Gasteiger partial charge in [0.2, 0.25) is 0 Å². The van der Waals surface area contributed by atoms with E-state index in [1.807, 2.05) is 60.7 Å². The van der Waals surface area contributed by atoms with Crippen molar-refractivity contribution in [1.29, 1.82) is 5.26 Å². The average Bonchev–Trinajstić information content (AvgIpc) is 2.84. The first-order valence-electron chi connectivity index (χ1n) is 11.4. The van der Waals surface area contributed by atoms with Gasteiger partial charge in [0.05, 0.1) is 0 Å². The van der Waals surface area contributed by atoms with E-state index in [1.165, 1.54) is 6.42 Å². The monoisotopic (exact) mass is 458 g/mol. The molecule has 0 bridgehead atoms. The summed E-state index contributed by atoms with van der Waals surface area (Å²) in [6.07, 6.45) is 6.01. The summed E-state index contributed by atoms with van der Waals surface area (Å²) in [4.78, 5) is 13.0. The lowest BCUT2D eigenvalue weighted by Crippen LogP contribution is -2.41. The number of rotatable bonds is 6. The van der Waals surface area contributed by atoms with Crippen LogP contribution in [0.3, 0.4) is 0 Å². The maximum absolute atomic E-state index is 13.0. The lowest BCUT2D eigenvalue weighted by Gasteiger charge is -2.29. The molecule has 1 fully saturated rings. The minimum absolute atomic E-state index is 0.0838. The summed E-state index contributed by atoms with van der Waals surface area (Å²) in [5.74, 6) is 0.710. The largest absolute Gasteiger partial charge is 0.488 e. The summed E-state index contributed by atoms with van der Waals surface area (Å²) in [5, 5.41) is 15.5. The van der Waals surface area contributed by atoms with Crippen molar-refractivity contribution >= 4 is 34.4 Å². The number of carbonyl (C=O) groups excluding carboxylic acids is 1. The number of nitrogens with zero attached hydrogens (tertiary/aromatic N) is 1. The standard InChI is InChI=1S/C28H27ClN2O2/c1-19-6-2-5-9-26(19)31-28(32)22(17-30)16-25-24-8-4-3-7-21(24)12-15-27(25)33-18-20-10-13-23(29)14-11-20/h3-4,7-8,10-16,19,26H,2,5-6,9,18H2,1H3,(H,31,32)/b22-16+/t19-,26-/m0/s1. The molecule has 0 saturated heterocycles. The van der Waals surface area contributed by atoms with Crippen LogP contribution >= 0.6 is 11.6 Å². The Labute approximate surface area is 199 Å². The van der Waals surface area contributed by atoms with Crippen molar-refractivity contribution in [1.82, 2.24) is 5.32 Å². The molecule has 5 heteroatoms. The van der Waals surface area contributed by atoms with Gasteiger partial charge >= 0.3 is 0 Å².